The Hall–Kier alpha value is -2.78. The topological polar surface area (TPSA) is 74.6 Å². The molecule has 168 valence electrons. The molecule has 0 fully saturated rings. The summed E-state index contributed by atoms with van der Waals surface area (Å²) in [6.45, 7) is 0. The van der Waals surface area contributed by atoms with Crippen LogP contribution in [0.2, 0.25) is 0 Å². The zero-order chi connectivity index (χ0) is 23.7. The normalized spacial score (nSPS) is 12.7. The van der Waals surface area contributed by atoms with Crippen LogP contribution in [0.3, 0.4) is 0 Å². The molecule has 0 saturated heterocycles. The molecule has 4 aromatic rings. The van der Waals surface area contributed by atoms with Gasteiger partial charge in [-0.2, -0.15) is 0 Å². The molecule has 2 N–H and O–H groups in total. The van der Waals surface area contributed by atoms with Gasteiger partial charge in [-0.15, -0.1) is 0 Å². The standard InChI is InChI=1S/2C13H8O2S2/c2*14-13(15)8-5-6-11-12(7-8)17-10-4-2-1-3-9(10)16-11/h2*1-7H,(H,14,15). The van der Waals surface area contributed by atoms with Gasteiger partial charge in [0, 0.05) is 39.2 Å². The number of carboxylic acids is 2. The largest absolute Gasteiger partial charge is 0.478 e. The maximum absolute atomic E-state index is 10.9. The molecule has 6 rings (SSSR count). The highest BCUT2D eigenvalue weighted by Crippen LogP contribution is 2.49. The molecule has 0 atom stereocenters. The van der Waals surface area contributed by atoms with Gasteiger partial charge < -0.3 is 10.2 Å². The van der Waals surface area contributed by atoms with Crippen molar-refractivity contribution in [3.8, 4) is 0 Å². The van der Waals surface area contributed by atoms with E-state index in [2.05, 4.69) is 24.3 Å². The average molecular weight is 521 g/mol. The van der Waals surface area contributed by atoms with Crippen LogP contribution in [-0.2, 0) is 0 Å². The fourth-order valence-electron chi connectivity index (χ4n) is 3.32. The number of benzene rings is 4. The molecule has 0 radical (unpaired) electrons. The first kappa shape index (κ1) is 23.0. The van der Waals surface area contributed by atoms with Gasteiger partial charge in [0.25, 0.3) is 0 Å². The maximum Gasteiger partial charge on any atom is 0.335 e. The van der Waals surface area contributed by atoms with Gasteiger partial charge in [0.1, 0.15) is 0 Å². The maximum atomic E-state index is 10.9. The molecular formula is C26H16O4S4. The van der Waals surface area contributed by atoms with Crippen molar-refractivity contribution in [2.24, 2.45) is 0 Å². The number of carbonyl (C=O) groups is 2. The molecule has 0 spiro atoms. The fraction of sp³-hybridized carbons (Fsp3) is 0. The SMILES string of the molecule is O=C(O)c1ccc2c(c1)Sc1ccccc1S2.O=C(O)c1ccc2c(c1)Sc1ccccc1S2. The molecule has 4 aromatic carbocycles. The third kappa shape index (κ3) is 4.86. The first-order valence-corrected chi connectivity index (χ1v) is 13.4. The highest BCUT2D eigenvalue weighted by molar-refractivity contribution is 8.05. The number of hydrogen-bond acceptors (Lipinski definition) is 6. The molecule has 4 nitrogen and oxygen atoms in total. The highest BCUT2D eigenvalue weighted by Gasteiger charge is 2.19. The third-order valence-corrected chi connectivity index (χ3v) is 10.0. The van der Waals surface area contributed by atoms with Crippen molar-refractivity contribution in [2.75, 3.05) is 0 Å². The minimum Gasteiger partial charge on any atom is -0.478 e. The fourth-order valence-corrected chi connectivity index (χ4v) is 7.83. The summed E-state index contributed by atoms with van der Waals surface area (Å²) in [6, 6.07) is 26.9. The van der Waals surface area contributed by atoms with E-state index in [1.807, 2.05) is 36.4 Å². The van der Waals surface area contributed by atoms with Crippen molar-refractivity contribution in [3.63, 3.8) is 0 Å². The van der Waals surface area contributed by atoms with Crippen molar-refractivity contribution >= 4 is 59.0 Å². The van der Waals surface area contributed by atoms with E-state index in [9.17, 15) is 9.59 Å². The van der Waals surface area contributed by atoms with Crippen LogP contribution in [0.4, 0.5) is 0 Å². The van der Waals surface area contributed by atoms with Crippen molar-refractivity contribution in [1.29, 1.82) is 0 Å². The summed E-state index contributed by atoms with van der Waals surface area (Å²) >= 11 is 6.64. The molecule has 0 unspecified atom stereocenters. The zero-order valence-electron chi connectivity index (χ0n) is 17.4. The summed E-state index contributed by atoms with van der Waals surface area (Å²) in [5, 5.41) is 17.9. The number of rotatable bonds is 2. The molecule has 2 heterocycles. The van der Waals surface area contributed by atoms with Crippen LogP contribution in [0.5, 0.6) is 0 Å². The Bertz CT molecular complexity index is 1330. The lowest BCUT2D eigenvalue weighted by Crippen LogP contribution is -1.98. The second-order valence-electron chi connectivity index (χ2n) is 7.24. The van der Waals surface area contributed by atoms with Crippen molar-refractivity contribution in [1.82, 2.24) is 0 Å². The van der Waals surface area contributed by atoms with Crippen LogP contribution in [-0.4, -0.2) is 22.2 Å². The first-order chi connectivity index (χ1) is 16.5. The van der Waals surface area contributed by atoms with Crippen molar-refractivity contribution in [3.05, 3.63) is 96.1 Å². The van der Waals surface area contributed by atoms with Crippen LogP contribution < -0.4 is 0 Å². The summed E-state index contributed by atoms with van der Waals surface area (Å²) in [4.78, 5) is 31.0. The third-order valence-electron chi connectivity index (χ3n) is 4.96. The summed E-state index contributed by atoms with van der Waals surface area (Å²) < 4.78 is 0. The van der Waals surface area contributed by atoms with Gasteiger partial charge in [0.05, 0.1) is 11.1 Å². The minimum absolute atomic E-state index is 0.344. The van der Waals surface area contributed by atoms with Gasteiger partial charge >= 0.3 is 11.9 Å². The summed E-state index contributed by atoms with van der Waals surface area (Å²) in [5.41, 5.74) is 0.687. The van der Waals surface area contributed by atoms with E-state index in [-0.39, 0.29) is 0 Å². The highest BCUT2D eigenvalue weighted by atomic mass is 32.2. The summed E-state index contributed by atoms with van der Waals surface area (Å²) in [5.74, 6) is -1.76. The molecule has 34 heavy (non-hydrogen) atoms. The van der Waals surface area contributed by atoms with Crippen LogP contribution in [0.25, 0.3) is 0 Å². The lowest BCUT2D eigenvalue weighted by Gasteiger charge is -2.18. The summed E-state index contributed by atoms with van der Waals surface area (Å²) in [7, 11) is 0. The lowest BCUT2D eigenvalue weighted by atomic mass is 10.2. The predicted molar refractivity (Wildman–Crippen MR) is 136 cm³/mol. The van der Waals surface area contributed by atoms with E-state index in [1.165, 1.54) is 19.6 Å². The zero-order valence-corrected chi connectivity index (χ0v) is 20.7. The van der Waals surface area contributed by atoms with E-state index in [0.717, 1.165) is 19.6 Å². The van der Waals surface area contributed by atoms with Crippen LogP contribution in [0, 0.1) is 0 Å². The Kier molecular flexibility index (Phi) is 6.65. The van der Waals surface area contributed by atoms with E-state index in [4.69, 9.17) is 10.2 Å². The van der Waals surface area contributed by atoms with Crippen LogP contribution in [0.1, 0.15) is 20.7 Å². The van der Waals surface area contributed by atoms with E-state index < -0.39 is 11.9 Å². The van der Waals surface area contributed by atoms with Gasteiger partial charge in [-0.05, 0) is 60.7 Å². The monoisotopic (exact) mass is 520 g/mol. The lowest BCUT2D eigenvalue weighted by molar-refractivity contribution is 0.0685. The number of aromatic carboxylic acids is 2. The quantitative estimate of drug-likeness (QED) is 0.238. The molecule has 0 amide bonds. The molecule has 8 heteroatoms. The van der Waals surface area contributed by atoms with Gasteiger partial charge in [-0.3, -0.25) is 0 Å². The van der Waals surface area contributed by atoms with E-state index in [1.54, 1.807) is 71.3 Å². The molecule has 0 bridgehead atoms. The molecule has 2 aliphatic rings. The number of fused-ring (bicyclic) bond motifs is 4. The first-order valence-electron chi connectivity index (χ1n) is 10.1. The Morgan fingerprint density at radius 1 is 0.441 bits per heavy atom. The van der Waals surface area contributed by atoms with Crippen molar-refractivity contribution in [2.45, 2.75) is 39.2 Å². The Morgan fingerprint density at radius 3 is 1.06 bits per heavy atom. The van der Waals surface area contributed by atoms with Gasteiger partial charge in [0.15, 0.2) is 0 Å². The van der Waals surface area contributed by atoms with Crippen LogP contribution >= 0.6 is 47.0 Å². The predicted octanol–water partition coefficient (Wildman–Crippen LogP) is 8.00. The van der Waals surface area contributed by atoms with Crippen LogP contribution in [0.15, 0.2) is 124 Å². The molecule has 2 aliphatic heterocycles. The van der Waals surface area contributed by atoms with Crippen molar-refractivity contribution < 1.29 is 19.8 Å². The molecular weight excluding hydrogens is 505 g/mol. The Balaban J connectivity index is 0.000000142. The van der Waals surface area contributed by atoms with E-state index in [0.29, 0.717) is 11.1 Å². The summed E-state index contributed by atoms with van der Waals surface area (Å²) in [6.07, 6.45) is 0. The molecule has 0 saturated carbocycles. The van der Waals surface area contributed by atoms with Gasteiger partial charge in [0.2, 0.25) is 0 Å². The number of hydrogen-bond donors (Lipinski definition) is 2. The Morgan fingerprint density at radius 2 is 0.735 bits per heavy atom. The average Bonchev–Trinajstić information content (AvgIpc) is 2.85. The molecule has 0 aliphatic carbocycles. The minimum atomic E-state index is -0.878. The van der Waals surface area contributed by atoms with E-state index >= 15 is 0 Å². The molecule has 0 aromatic heterocycles. The second kappa shape index (κ2) is 9.84. The Labute approximate surface area is 213 Å². The van der Waals surface area contributed by atoms with Gasteiger partial charge in [-0.25, -0.2) is 9.59 Å². The number of carboxylic acid groups (broad SMARTS) is 2. The smallest absolute Gasteiger partial charge is 0.335 e. The second-order valence-corrected chi connectivity index (χ2v) is 11.6. The van der Waals surface area contributed by atoms with Gasteiger partial charge in [-0.1, -0.05) is 71.3 Å².